The van der Waals surface area contributed by atoms with Crippen molar-refractivity contribution in [1.82, 2.24) is 20.4 Å². The van der Waals surface area contributed by atoms with E-state index in [9.17, 15) is 0 Å². The van der Waals surface area contributed by atoms with Crippen LogP contribution < -0.4 is 10.6 Å². The molecule has 5 nitrogen and oxygen atoms in total. The number of aliphatic imine (C=N–C) groups is 1. The summed E-state index contributed by atoms with van der Waals surface area (Å²) in [5.74, 6) is 1.35. The molecule has 2 unspecified atom stereocenters. The van der Waals surface area contributed by atoms with Crippen molar-refractivity contribution in [2.24, 2.45) is 4.99 Å². The summed E-state index contributed by atoms with van der Waals surface area (Å²) in [5, 5.41) is 6.91. The third-order valence-corrected chi connectivity index (χ3v) is 4.89. The number of hydrogen-bond donors (Lipinski definition) is 2. The Morgan fingerprint density at radius 1 is 1.04 bits per heavy atom. The molecular formula is C19H34IN5. The molecule has 1 heterocycles. The number of piperazine rings is 1. The molecule has 1 fully saturated rings. The lowest BCUT2D eigenvalue weighted by atomic mass is 10.0. The normalized spacial score (nSPS) is 19.0. The molecular weight excluding hydrogens is 425 g/mol. The van der Waals surface area contributed by atoms with Crippen LogP contribution in [0.15, 0.2) is 35.3 Å². The average molecular weight is 459 g/mol. The summed E-state index contributed by atoms with van der Waals surface area (Å²) in [5.41, 5.74) is 1.35. The van der Waals surface area contributed by atoms with Gasteiger partial charge in [0.2, 0.25) is 0 Å². The minimum Gasteiger partial charge on any atom is -0.356 e. The summed E-state index contributed by atoms with van der Waals surface area (Å²) in [6.45, 7) is 10.9. The molecule has 1 aliphatic rings. The van der Waals surface area contributed by atoms with Crippen LogP contribution in [0.5, 0.6) is 0 Å². The van der Waals surface area contributed by atoms with Crippen molar-refractivity contribution in [3.05, 3.63) is 35.9 Å². The SMILES string of the molecule is CN=C(NCC(C)c1ccccc1)NCC(C)N1CCN(C)CC1.I. The van der Waals surface area contributed by atoms with Crippen LogP contribution in [0.2, 0.25) is 0 Å². The van der Waals surface area contributed by atoms with Gasteiger partial charge in [0.1, 0.15) is 0 Å². The molecule has 1 aromatic carbocycles. The van der Waals surface area contributed by atoms with Crippen LogP contribution in [0.25, 0.3) is 0 Å². The van der Waals surface area contributed by atoms with Gasteiger partial charge in [0.15, 0.2) is 5.96 Å². The monoisotopic (exact) mass is 459 g/mol. The van der Waals surface area contributed by atoms with E-state index >= 15 is 0 Å². The second kappa shape index (κ2) is 11.7. The Hall–Kier alpha value is -0.860. The Morgan fingerprint density at radius 2 is 1.64 bits per heavy atom. The van der Waals surface area contributed by atoms with Crippen molar-refractivity contribution in [3.8, 4) is 0 Å². The van der Waals surface area contributed by atoms with Crippen LogP contribution >= 0.6 is 24.0 Å². The highest BCUT2D eigenvalue weighted by atomic mass is 127. The highest BCUT2D eigenvalue weighted by Gasteiger charge is 2.19. The maximum atomic E-state index is 4.35. The Bertz CT molecular complexity index is 500. The molecule has 142 valence electrons. The molecule has 2 rings (SSSR count). The number of rotatable bonds is 6. The van der Waals surface area contributed by atoms with Crippen LogP contribution in [0.3, 0.4) is 0 Å². The fraction of sp³-hybridized carbons (Fsp3) is 0.632. The first kappa shape index (κ1) is 22.2. The molecule has 1 aromatic rings. The van der Waals surface area contributed by atoms with Crippen LogP contribution in [0, 0.1) is 0 Å². The minimum absolute atomic E-state index is 0. The molecule has 0 bridgehead atoms. The van der Waals surface area contributed by atoms with Gasteiger partial charge in [-0.3, -0.25) is 9.89 Å². The number of benzene rings is 1. The predicted octanol–water partition coefficient (Wildman–Crippen LogP) is 2.21. The summed E-state index contributed by atoms with van der Waals surface area (Å²) >= 11 is 0. The summed E-state index contributed by atoms with van der Waals surface area (Å²) in [6.07, 6.45) is 0. The fourth-order valence-corrected chi connectivity index (χ4v) is 3.01. The van der Waals surface area contributed by atoms with Crippen LogP contribution in [-0.4, -0.2) is 75.2 Å². The first-order valence-corrected chi connectivity index (χ1v) is 9.02. The fourth-order valence-electron chi connectivity index (χ4n) is 3.01. The third kappa shape index (κ3) is 7.50. The summed E-state index contributed by atoms with van der Waals surface area (Å²) in [4.78, 5) is 9.29. The number of nitrogens with one attached hydrogen (secondary N) is 2. The molecule has 1 aliphatic heterocycles. The van der Waals surface area contributed by atoms with E-state index < -0.39 is 0 Å². The van der Waals surface area contributed by atoms with Gasteiger partial charge in [-0.25, -0.2) is 0 Å². The minimum atomic E-state index is 0. The molecule has 25 heavy (non-hydrogen) atoms. The van der Waals surface area contributed by atoms with Crippen molar-refractivity contribution >= 4 is 29.9 Å². The van der Waals surface area contributed by atoms with Gasteiger partial charge < -0.3 is 15.5 Å². The van der Waals surface area contributed by atoms with E-state index in [2.05, 4.69) is 76.7 Å². The van der Waals surface area contributed by atoms with Crippen LogP contribution in [-0.2, 0) is 0 Å². The van der Waals surface area contributed by atoms with Gasteiger partial charge in [-0.05, 0) is 25.5 Å². The van der Waals surface area contributed by atoms with Gasteiger partial charge in [0, 0.05) is 52.4 Å². The maximum Gasteiger partial charge on any atom is 0.191 e. The Balaban J connectivity index is 0.00000312. The van der Waals surface area contributed by atoms with Crippen molar-refractivity contribution in [3.63, 3.8) is 0 Å². The molecule has 0 amide bonds. The topological polar surface area (TPSA) is 42.9 Å². The molecule has 0 spiro atoms. The predicted molar refractivity (Wildman–Crippen MR) is 118 cm³/mol. The van der Waals surface area contributed by atoms with E-state index in [1.165, 1.54) is 5.56 Å². The van der Waals surface area contributed by atoms with E-state index in [0.717, 1.165) is 45.2 Å². The molecule has 1 saturated heterocycles. The molecule has 6 heteroatoms. The lowest BCUT2D eigenvalue weighted by Gasteiger charge is -2.36. The van der Waals surface area contributed by atoms with Crippen LogP contribution in [0.1, 0.15) is 25.3 Å². The number of guanidine groups is 1. The molecule has 0 saturated carbocycles. The van der Waals surface area contributed by atoms with Crippen molar-refractivity contribution in [2.75, 3.05) is 53.4 Å². The van der Waals surface area contributed by atoms with Crippen molar-refractivity contribution in [2.45, 2.75) is 25.8 Å². The quantitative estimate of drug-likeness (QED) is 0.389. The summed E-state index contributed by atoms with van der Waals surface area (Å²) < 4.78 is 0. The maximum absolute atomic E-state index is 4.35. The summed E-state index contributed by atoms with van der Waals surface area (Å²) in [6, 6.07) is 11.1. The van der Waals surface area contributed by atoms with Crippen molar-refractivity contribution in [1.29, 1.82) is 0 Å². The van der Waals surface area contributed by atoms with Gasteiger partial charge >= 0.3 is 0 Å². The Kier molecular flexibility index (Phi) is 10.4. The molecule has 0 aromatic heterocycles. The zero-order valence-corrected chi connectivity index (χ0v) is 18.4. The van der Waals surface area contributed by atoms with Gasteiger partial charge in [-0.1, -0.05) is 37.3 Å². The Labute approximate surface area is 170 Å². The molecule has 2 atom stereocenters. The van der Waals surface area contributed by atoms with Gasteiger partial charge in [-0.2, -0.15) is 0 Å². The number of nitrogens with zero attached hydrogens (tertiary/aromatic N) is 3. The highest BCUT2D eigenvalue weighted by Crippen LogP contribution is 2.12. The lowest BCUT2D eigenvalue weighted by molar-refractivity contribution is 0.120. The lowest BCUT2D eigenvalue weighted by Crippen LogP contribution is -2.52. The molecule has 0 radical (unpaired) electrons. The van der Waals surface area contributed by atoms with E-state index in [1.54, 1.807) is 0 Å². The smallest absolute Gasteiger partial charge is 0.191 e. The van der Waals surface area contributed by atoms with Gasteiger partial charge in [0.05, 0.1) is 0 Å². The van der Waals surface area contributed by atoms with E-state index in [4.69, 9.17) is 0 Å². The van der Waals surface area contributed by atoms with E-state index in [1.807, 2.05) is 7.05 Å². The Morgan fingerprint density at radius 3 is 2.24 bits per heavy atom. The average Bonchev–Trinajstić information content (AvgIpc) is 2.62. The van der Waals surface area contributed by atoms with E-state index in [0.29, 0.717) is 12.0 Å². The van der Waals surface area contributed by atoms with E-state index in [-0.39, 0.29) is 24.0 Å². The second-order valence-electron chi connectivity index (χ2n) is 6.83. The van der Waals surface area contributed by atoms with Crippen LogP contribution in [0.4, 0.5) is 0 Å². The molecule has 0 aliphatic carbocycles. The number of halogens is 1. The highest BCUT2D eigenvalue weighted by molar-refractivity contribution is 14.0. The van der Waals surface area contributed by atoms with Gasteiger partial charge in [-0.15, -0.1) is 24.0 Å². The zero-order valence-electron chi connectivity index (χ0n) is 16.0. The summed E-state index contributed by atoms with van der Waals surface area (Å²) in [7, 11) is 4.03. The largest absolute Gasteiger partial charge is 0.356 e. The zero-order chi connectivity index (χ0) is 17.4. The molecule has 2 N–H and O–H groups in total. The standard InChI is InChI=1S/C19H33N5.HI/c1-16(18-8-6-5-7-9-18)14-21-19(20-3)22-15-17(2)24-12-10-23(4)11-13-24;/h5-9,16-17H,10-15H2,1-4H3,(H2,20,21,22);1H. The van der Waals surface area contributed by atoms with Gasteiger partial charge in [0.25, 0.3) is 0 Å². The first-order chi connectivity index (χ1) is 11.6. The van der Waals surface area contributed by atoms with Crippen molar-refractivity contribution < 1.29 is 0 Å². The third-order valence-electron chi connectivity index (χ3n) is 4.89. The number of likely N-dealkylation sites (N-methyl/N-ethyl adjacent to an activating group) is 1. The second-order valence-corrected chi connectivity index (χ2v) is 6.83. The first-order valence-electron chi connectivity index (χ1n) is 9.02. The number of hydrogen-bond acceptors (Lipinski definition) is 3.